The van der Waals surface area contributed by atoms with Gasteiger partial charge < -0.3 is 0 Å². The molecule has 1 heterocycles. The van der Waals surface area contributed by atoms with Crippen molar-refractivity contribution in [1.82, 2.24) is 0 Å². The smallest absolute Gasteiger partial charge is 0.0559 e. The van der Waals surface area contributed by atoms with Gasteiger partial charge in [-0.25, -0.2) is 0 Å². The van der Waals surface area contributed by atoms with Gasteiger partial charge in [-0.2, -0.15) is 0 Å². The highest BCUT2D eigenvalue weighted by atomic mass is 35.5. The Morgan fingerprint density at radius 2 is 1.85 bits per heavy atom. The van der Waals surface area contributed by atoms with E-state index in [0.29, 0.717) is 0 Å². The van der Waals surface area contributed by atoms with Gasteiger partial charge in [0.25, 0.3) is 0 Å². The van der Waals surface area contributed by atoms with Crippen LogP contribution in [0.2, 0.25) is 10.0 Å². The molecule has 0 spiro atoms. The third-order valence-electron chi connectivity index (χ3n) is 3.69. The molecule has 0 N–H and O–H groups in total. The number of halogens is 2. The van der Waals surface area contributed by atoms with Crippen molar-refractivity contribution >= 4 is 46.3 Å². The van der Waals surface area contributed by atoms with Gasteiger partial charge in [0.05, 0.1) is 5.02 Å². The van der Waals surface area contributed by atoms with E-state index in [9.17, 15) is 0 Å². The Morgan fingerprint density at radius 3 is 2.60 bits per heavy atom. The highest BCUT2D eigenvalue weighted by molar-refractivity contribution is 7.98. The molecule has 0 radical (unpaired) electrons. The number of rotatable bonds is 3. The van der Waals surface area contributed by atoms with Gasteiger partial charge >= 0.3 is 0 Å². The minimum atomic E-state index is 0.817. The second kappa shape index (κ2) is 6.74. The third kappa shape index (κ3) is 3.19. The molecule has 0 saturated carbocycles. The monoisotopic (exact) mass is 342 g/mol. The molecular formula is C16H16Cl2S2. The number of fused-ring (bicyclic) bond motifs is 1. The van der Waals surface area contributed by atoms with Gasteiger partial charge in [-0.15, -0.1) is 23.1 Å². The SMILES string of the molecule is Clc1cc(Cl)c(SCc2cccs2)c2c1CCCCC2. The fourth-order valence-corrected chi connectivity index (χ4v) is 5.38. The molecule has 0 atom stereocenters. The van der Waals surface area contributed by atoms with Crippen LogP contribution in [0.5, 0.6) is 0 Å². The second-order valence-corrected chi connectivity index (χ2v) is 7.89. The maximum absolute atomic E-state index is 6.46. The molecule has 0 unspecified atom stereocenters. The van der Waals surface area contributed by atoms with E-state index in [1.165, 1.54) is 40.2 Å². The number of thioether (sulfide) groups is 1. The summed E-state index contributed by atoms with van der Waals surface area (Å²) in [5.41, 5.74) is 2.74. The molecule has 1 aromatic heterocycles. The van der Waals surface area contributed by atoms with Crippen LogP contribution in [0.1, 0.15) is 35.3 Å². The van der Waals surface area contributed by atoms with Gasteiger partial charge in [0.15, 0.2) is 0 Å². The van der Waals surface area contributed by atoms with Crippen LogP contribution in [0.3, 0.4) is 0 Å². The van der Waals surface area contributed by atoms with E-state index in [1.54, 1.807) is 11.3 Å². The predicted octanol–water partition coefficient (Wildman–Crippen LogP) is 6.62. The van der Waals surface area contributed by atoms with E-state index in [2.05, 4.69) is 17.5 Å². The molecule has 1 aromatic carbocycles. The summed E-state index contributed by atoms with van der Waals surface area (Å²) in [6.45, 7) is 0. The van der Waals surface area contributed by atoms with Gasteiger partial charge in [0.1, 0.15) is 0 Å². The summed E-state index contributed by atoms with van der Waals surface area (Å²) in [4.78, 5) is 2.64. The average molecular weight is 343 g/mol. The quantitative estimate of drug-likeness (QED) is 0.446. The maximum Gasteiger partial charge on any atom is 0.0559 e. The van der Waals surface area contributed by atoms with Gasteiger partial charge in [0, 0.05) is 20.5 Å². The van der Waals surface area contributed by atoms with E-state index in [-0.39, 0.29) is 0 Å². The lowest BCUT2D eigenvalue weighted by Crippen LogP contribution is -1.97. The van der Waals surface area contributed by atoms with E-state index in [4.69, 9.17) is 23.2 Å². The van der Waals surface area contributed by atoms with E-state index in [1.807, 2.05) is 17.8 Å². The van der Waals surface area contributed by atoms with Crippen molar-refractivity contribution in [3.8, 4) is 0 Å². The summed E-state index contributed by atoms with van der Waals surface area (Å²) >= 11 is 16.5. The first-order chi connectivity index (χ1) is 9.75. The second-order valence-electron chi connectivity index (χ2n) is 5.06. The molecule has 1 aliphatic carbocycles. The van der Waals surface area contributed by atoms with Crippen LogP contribution in [-0.4, -0.2) is 0 Å². The lowest BCUT2D eigenvalue weighted by atomic mass is 10.0. The zero-order valence-corrected chi connectivity index (χ0v) is 14.3. The fraction of sp³-hybridized carbons (Fsp3) is 0.375. The van der Waals surface area contributed by atoms with Crippen LogP contribution in [0.4, 0.5) is 0 Å². The van der Waals surface area contributed by atoms with Crippen LogP contribution >= 0.6 is 46.3 Å². The zero-order valence-electron chi connectivity index (χ0n) is 11.1. The predicted molar refractivity (Wildman–Crippen MR) is 91.6 cm³/mol. The van der Waals surface area contributed by atoms with Crippen molar-refractivity contribution in [2.24, 2.45) is 0 Å². The van der Waals surface area contributed by atoms with Crippen LogP contribution in [0.25, 0.3) is 0 Å². The van der Waals surface area contributed by atoms with Crippen molar-refractivity contribution in [3.05, 3.63) is 49.6 Å². The van der Waals surface area contributed by atoms with Crippen molar-refractivity contribution in [2.75, 3.05) is 0 Å². The van der Waals surface area contributed by atoms with Crippen molar-refractivity contribution < 1.29 is 0 Å². The summed E-state index contributed by atoms with van der Waals surface area (Å²) in [7, 11) is 0. The topological polar surface area (TPSA) is 0 Å². The van der Waals surface area contributed by atoms with Gasteiger partial charge in [-0.3, -0.25) is 0 Å². The summed E-state index contributed by atoms with van der Waals surface area (Å²) in [6.07, 6.45) is 5.98. The largest absolute Gasteiger partial charge is 0.148 e. The van der Waals surface area contributed by atoms with Crippen molar-refractivity contribution in [3.63, 3.8) is 0 Å². The Morgan fingerprint density at radius 1 is 1.05 bits per heavy atom. The van der Waals surface area contributed by atoms with Gasteiger partial charge in [-0.1, -0.05) is 35.7 Å². The van der Waals surface area contributed by atoms with Crippen LogP contribution in [0, 0.1) is 0 Å². The molecule has 106 valence electrons. The molecule has 0 amide bonds. The molecule has 20 heavy (non-hydrogen) atoms. The molecule has 3 rings (SSSR count). The van der Waals surface area contributed by atoms with Crippen LogP contribution < -0.4 is 0 Å². The molecule has 0 bridgehead atoms. The van der Waals surface area contributed by atoms with Crippen LogP contribution in [0.15, 0.2) is 28.5 Å². The highest BCUT2D eigenvalue weighted by Crippen LogP contribution is 2.41. The Labute approximate surface area is 138 Å². The van der Waals surface area contributed by atoms with Gasteiger partial charge in [0.2, 0.25) is 0 Å². The Balaban J connectivity index is 1.92. The number of benzene rings is 1. The Hall–Kier alpha value is -0.150. The molecular weight excluding hydrogens is 327 g/mol. The number of hydrogen-bond donors (Lipinski definition) is 0. The van der Waals surface area contributed by atoms with Crippen molar-refractivity contribution in [1.29, 1.82) is 0 Å². The normalized spacial score (nSPS) is 14.9. The minimum absolute atomic E-state index is 0.817. The Bertz CT molecular complexity index is 591. The highest BCUT2D eigenvalue weighted by Gasteiger charge is 2.18. The number of thiophene rings is 1. The zero-order chi connectivity index (χ0) is 13.9. The van der Waals surface area contributed by atoms with E-state index in [0.717, 1.165) is 28.6 Å². The van der Waals surface area contributed by atoms with E-state index >= 15 is 0 Å². The standard InChI is InChI=1S/C16H16Cl2S2/c17-14-9-15(18)16(20-10-11-5-4-8-19-11)13-7-3-1-2-6-12(13)14/h4-5,8-9H,1-3,6-7,10H2. The molecule has 0 fully saturated rings. The molecule has 4 heteroatoms. The minimum Gasteiger partial charge on any atom is -0.148 e. The summed E-state index contributed by atoms with van der Waals surface area (Å²) in [6, 6.07) is 6.22. The van der Waals surface area contributed by atoms with Crippen LogP contribution in [-0.2, 0) is 18.6 Å². The lowest BCUT2D eigenvalue weighted by Gasteiger charge is -2.15. The first kappa shape index (κ1) is 14.8. The third-order valence-corrected chi connectivity index (χ3v) is 6.71. The summed E-state index contributed by atoms with van der Waals surface area (Å²) in [5, 5.41) is 3.80. The van der Waals surface area contributed by atoms with E-state index < -0.39 is 0 Å². The van der Waals surface area contributed by atoms with Crippen molar-refractivity contribution in [2.45, 2.75) is 42.8 Å². The summed E-state index contributed by atoms with van der Waals surface area (Å²) < 4.78 is 0. The average Bonchev–Trinajstić information content (AvgIpc) is 2.81. The summed E-state index contributed by atoms with van der Waals surface area (Å²) in [5.74, 6) is 0.992. The molecule has 0 nitrogen and oxygen atoms in total. The molecule has 0 aliphatic heterocycles. The first-order valence-electron chi connectivity index (χ1n) is 6.90. The fourth-order valence-electron chi connectivity index (χ4n) is 2.70. The van der Waals surface area contributed by atoms with Gasteiger partial charge in [-0.05, 0) is 54.3 Å². The molecule has 1 aliphatic rings. The maximum atomic E-state index is 6.46. The molecule has 2 aromatic rings. The molecule has 0 saturated heterocycles. The first-order valence-corrected chi connectivity index (χ1v) is 9.53. The Kier molecular flexibility index (Phi) is 4.98. The number of hydrogen-bond acceptors (Lipinski definition) is 2. The lowest BCUT2D eigenvalue weighted by molar-refractivity contribution is 0.710.